The summed E-state index contributed by atoms with van der Waals surface area (Å²) in [7, 11) is 1.98. The monoisotopic (exact) mass is 337 g/mol. The number of hydrogen-bond donors (Lipinski definition) is 0. The van der Waals surface area contributed by atoms with Crippen LogP contribution in [-0.4, -0.2) is 31.3 Å². The first-order valence-corrected chi connectivity index (χ1v) is 8.42. The Morgan fingerprint density at radius 1 is 1.12 bits per heavy atom. The molecule has 0 radical (unpaired) electrons. The van der Waals surface area contributed by atoms with Crippen LogP contribution in [0.3, 0.4) is 0 Å². The van der Waals surface area contributed by atoms with Crippen LogP contribution >= 0.6 is 11.3 Å². The van der Waals surface area contributed by atoms with Gasteiger partial charge in [-0.05, 0) is 19.2 Å². The van der Waals surface area contributed by atoms with Crippen molar-refractivity contribution >= 4 is 27.3 Å². The molecule has 6 nitrogen and oxygen atoms in total. The molecule has 0 unspecified atom stereocenters. The van der Waals surface area contributed by atoms with Gasteiger partial charge in [-0.3, -0.25) is 19.1 Å². The van der Waals surface area contributed by atoms with Gasteiger partial charge < -0.3 is 0 Å². The number of aromatic nitrogens is 4. The second-order valence-electron chi connectivity index (χ2n) is 5.66. The van der Waals surface area contributed by atoms with E-state index in [4.69, 9.17) is 0 Å². The quantitative estimate of drug-likeness (QED) is 0.572. The lowest BCUT2D eigenvalue weighted by Gasteiger charge is -2.15. The molecule has 3 heterocycles. The Morgan fingerprint density at radius 3 is 2.79 bits per heavy atom. The van der Waals surface area contributed by atoms with Gasteiger partial charge in [0.1, 0.15) is 0 Å². The lowest BCUT2D eigenvalue weighted by molar-refractivity contribution is 0.311. The number of nitrogens with zero attached hydrogens (tertiary/aromatic N) is 5. The average Bonchev–Trinajstić information content (AvgIpc) is 3.03. The first-order valence-electron chi connectivity index (χ1n) is 7.54. The zero-order valence-electron chi connectivity index (χ0n) is 13.1. The van der Waals surface area contributed by atoms with E-state index < -0.39 is 0 Å². The zero-order chi connectivity index (χ0) is 16.5. The molecule has 0 bridgehead atoms. The van der Waals surface area contributed by atoms with Crippen LogP contribution in [0.25, 0.3) is 16.0 Å². The fourth-order valence-electron chi connectivity index (χ4n) is 2.65. The molecule has 0 saturated heterocycles. The number of thiazole rings is 1. The van der Waals surface area contributed by atoms with Gasteiger partial charge in [0, 0.05) is 30.7 Å². The van der Waals surface area contributed by atoms with Crippen molar-refractivity contribution in [1.82, 2.24) is 24.3 Å². The van der Waals surface area contributed by atoms with Gasteiger partial charge in [0.25, 0.3) is 5.56 Å². The van der Waals surface area contributed by atoms with E-state index in [-0.39, 0.29) is 5.56 Å². The van der Waals surface area contributed by atoms with Gasteiger partial charge >= 0.3 is 0 Å². The first-order chi connectivity index (χ1) is 11.7. The molecule has 7 heteroatoms. The Bertz CT molecular complexity index is 1070. The van der Waals surface area contributed by atoms with Crippen LogP contribution in [-0.2, 0) is 13.1 Å². The van der Waals surface area contributed by atoms with Gasteiger partial charge in [-0.25, -0.2) is 9.97 Å². The topological polar surface area (TPSA) is 63.4 Å². The van der Waals surface area contributed by atoms with E-state index in [0.29, 0.717) is 13.1 Å². The predicted octanol–water partition coefficient (Wildman–Crippen LogP) is 2.33. The number of fused-ring (bicyclic) bond motifs is 2. The Balaban J connectivity index is 1.54. The summed E-state index contributed by atoms with van der Waals surface area (Å²) < 4.78 is 1.56. The van der Waals surface area contributed by atoms with Gasteiger partial charge in [0.2, 0.25) is 0 Å². The van der Waals surface area contributed by atoms with Crippen LogP contribution in [0.15, 0.2) is 52.9 Å². The minimum Gasteiger partial charge on any atom is -0.295 e. The number of benzene rings is 1. The smallest absolute Gasteiger partial charge is 0.258 e. The molecule has 0 aliphatic carbocycles. The minimum atomic E-state index is -0.0462. The Morgan fingerprint density at radius 2 is 1.92 bits per heavy atom. The largest absolute Gasteiger partial charge is 0.295 e. The summed E-state index contributed by atoms with van der Waals surface area (Å²) >= 11 is 1.46. The highest BCUT2D eigenvalue weighted by Crippen LogP contribution is 2.11. The molecule has 0 atom stereocenters. The highest BCUT2D eigenvalue weighted by molar-refractivity contribution is 7.15. The maximum Gasteiger partial charge on any atom is 0.258 e. The maximum absolute atomic E-state index is 12.0. The molecule has 0 N–H and O–H groups in total. The van der Waals surface area contributed by atoms with Crippen molar-refractivity contribution in [3.8, 4) is 0 Å². The Hall–Kier alpha value is -2.64. The predicted molar refractivity (Wildman–Crippen MR) is 94.0 cm³/mol. The third-order valence-corrected chi connectivity index (χ3v) is 4.48. The van der Waals surface area contributed by atoms with Crippen LogP contribution in [0.2, 0.25) is 0 Å². The molecule has 1 aromatic carbocycles. The molecule has 0 saturated carbocycles. The van der Waals surface area contributed by atoms with Crippen molar-refractivity contribution in [2.45, 2.75) is 13.1 Å². The maximum atomic E-state index is 12.0. The van der Waals surface area contributed by atoms with Gasteiger partial charge in [-0.15, -0.1) is 11.3 Å². The molecular weight excluding hydrogens is 322 g/mol. The van der Waals surface area contributed by atoms with Crippen LogP contribution in [0.4, 0.5) is 0 Å². The summed E-state index contributed by atoms with van der Waals surface area (Å²) in [5.41, 5.74) is 3.39. The summed E-state index contributed by atoms with van der Waals surface area (Å²) in [6.45, 7) is 1.22. The third kappa shape index (κ3) is 2.91. The van der Waals surface area contributed by atoms with Crippen LogP contribution < -0.4 is 5.56 Å². The number of hydrogen-bond acceptors (Lipinski definition) is 6. The third-order valence-electron chi connectivity index (χ3n) is 3.72. The van der Waals surface area contributed by atoms with Crippen molar-refractivity contribution in [3.05, 3.63) is 69.8 Å². The molecule has 4 rings (SSSR count). The second kappa shape index (κ2) is 6.10. The molecular formula is C17H15N5OS. The van der Waals surface area contributed by atoms with Crippen LogP contribution in [0.1, 0.15) is 11.4 Å². The summed E-state index contributed by atoms with van der Waals surface area (Å²) in [6.07, 6.45) is 3.54. The second-order valence-corrected chi connectivity index (χ2v) is 6.54. The average molecular weight is 337 g/mol. The van der Waals surface area contributed by atoms with Crippen LogP contribution in [0.5, 0.6) is 0 Å². The van der Waals surface area contributed by atoms with E-state index in [1.165, 1.54) is 11.3 Å². The lowest BCUT2D eigenvalue weighted by Crippen LogP contribution is -2.21. The molecule has 0 aliphatic rings. The van der Waals surface area contributed by atoms with E-state index >= 15 is 0 Å². The molecule has 24 heavy (non-hydrogen) atoms. The van der Waals surface area contributed by atoms with Crippen molar-refractivity contribution in [2.24, 2.45) is 0 Å². The van der Waals surface area contributed by atoms with Gasteiger partial charge in [-0.1, -0.05) is 12.1 Å². The molecule has 0 spiro atoms. The zero-order valence-corrected chi connectivity index (χ0v) is 13.9. The van der Waals surface area contributed by atoms with Crippen molar-refractivity contribution in [1.29, 1.82) is 0 Å². The summed E-state index contributed by atoms with van der Waals surface area (Å²) in [5, 5.41) is 1.86. The summed E-state index contributed by atoms with van der Waals surface area (Å²) in [5.74, 6) is 0. The molecule has 0 aliphatic heterocycles. The fraction of sp³-hybridized carbons (Fsp3) is 0.176. The SMILES string of the molecule is CN(Cc1cnc2ccccc2n1)Cc1cc(=O)n2ccsc2n1. The highest BCUT2D eigenvalue weighted by atomic mass is 32.1. The van der Waals surface area contributed by atoms with E-state index in [1.54, 1.807) is 22.9 Å². The highest BCUT2D eigenvalue weighted by Gasteiger charge is 2.08. The first kappa shape index (κ1) is 14.9. The summed E-state index contributed by atoms with van der Waals surface area (Å²) in [6, 6.07) is 9.40. The van der Waals surface area contributed by atoms with Gasteiger partial charge in [0.15, 0.2) is 4.96 Å². The van der Waals surface area contributed by atoms with Crippen molar-refractivity contribution < 1.29 is 0 Å². The molecule has 120 valence electrons. The van der Waals surface area contributed by atoms with Gasteiger partial charge in [0.05, 0.1) is 28.6 Å². The minimum absolute atomic E-state index is 0.0462. The molecule has 4 aromatic rings. The van der Waals surface area contributed by atoms with E-state index in [2.05, 4.69) is 19.9 Å². The van der Waals surface area contributed by atoms with Crippen molar-refractivity contribution in [2.75, 3.05) is 7.05 Å². The van der Waals surface area contributed by atoms with Crippen LogP contribution in [0, 0.1) is 0 Å². The summed E-state index contributed by atoms with van der Waals surface area (Å²) in [4.78, 5) is 28.4. The van der Waals surface area contributed by atoms with E-state index in [9.17, 15) is 4.79 Å². The number of para-hydroxylation sites is 2. The Labute approximate surface area is 142 Å². The molecule has 0 amide bonds. The normalized spacial score (nSPS) is 11.6. The van der Waals surface area contributed by atoms with E-state index in [1.807, 2.05) is 36.7 Å². The Kier molecular flexibility index (Phi) is 3.79. The van der Waals surface area contributed by atoms with Crippen molar-refractivity contribution in [3.63, 3.8) is 0 Å². The van der Waals surface area contributed by atoms with E-state index in [0.717, 1.165) is 27.4 Å². The lowest BCUT2D eigenvalue weighted by atomic mass is 10.3. The standard InChI is InChI=1S/C17H15N5OS/c1-21(10-12-8-16(23)22-6-7-24-17(22)20-12)11-13-9-18-14-4-2-3-5-15(14)19-13/h2-9H,10-11H2,1H3. The number of rotatable bonds is 4. The fourth-order valence-corrected chi connectivity index (χ4v) is 3.39. The van der Waals surface area contributed by atoms with Gasteiger partial charge in [-0.2, -0.15) is 0 Å². The molecule has 0 fully saturated rings. The molecule has 3 aromatic heterocycles.